The summed E-state index contributed by atoms with van der Waals surface area (Å²) in [5, 5.41) is 0. The Morgan fingerprint density at radius 1 is 1.26 bits per heavy atom. The van der Waals surface area contributed by atoms with Crippen LogP contribution in [0.1, 0.15) is 24.8 Å². The van der Waals surface area contributed by atoms with E-state index in [1.54, 1.807) is 7.11 Å². The van der Waals surface area contributed by atoms with Crippen LogP contribution in [0.5, 0.6) is 0 Å². The lowest BCUT2D eigenvalue weighted by Crippen LogP contribution is -2.39. The minimum atomic E-state index is 0.236. The van der Waals surface area contributed by atoms with Gasteiger partial charge in [0.15, 0.2) is 0 Å². The summed E-state index contributed by atoms with van der Waals surface area (Å²) in [5.41, 5.74) is 1.41. The lowest BCUT2D eigenvalue weighted by atomic mass is 9.90. The van der Waals surface area contributed by atoms with Crippen LogP contribution in [0.15, 0.2) is 30.3 Å². The molecule has 0 spiro atoms. The molecule has 1 aromatic carbocycles. The monoisotopic (exact) mass is 261 g/mol. The molecule has 19 heavy (non-hydrogen) atoms. The minimum Gasteiger partial charge on any atom is -0.384 e. The number of benzene rings is 1. The summed E-state index contributed by atoms with van der Waals surface area (Å²) in [6.07, 6.45) is 3.89. The van der Waals surface area contributed by atoms with Crippen LogP contribution in [-0.4, -0.2) is 37.6 Å². The third-order valence-electron chi connectivity index (χ3n) is 3.85. The van der Waals surface area contributed by atoms with Gasteiger partial charge in [0.2, 0.25) is 5.91 Å². The second-order valence-corrected chi connectivity index (χ2v) is 5.26. The van der Waals surface area contributed by atoms with Gasteiger partial charge in [-0.2, -0.15) is 0 Å². The summed E-state index contributed by atoms with van der Waals surface area (Å²) in [5.74, 6) is 0.953. The molecule has 104 valence electrons. The molecule has 1 heterocycles. The topological polar surface area (TPSA) is 29.5 Å². The number of likely N-dealkylation sites (tertiary alicyclic amines) is 1. The zero-order chi connectivity index (χ0) is 13.5. The summed E-state index contributed by atoms with van der Waals surface area (Å²) in [4.78, 5) is 13.9. The number of ether oxygens (including phenoxy) is 1. The normalized spacial score (nSPS) is 16.6. The molecule has 1 aromatic rings. The molecule has 1 aliphatic rings. The second kappa shape index (κ2) is 7.29. The molecule has 0 saturated carbocycles. The Labute approximate surface area is 115 Å². The Hall–Kier alpha value is -1.35. The minimum absolute atomic E-state index is 0.236. The van der Waals surface area contributed by atoms with Gasteiger partial charge in [-0.05, 0) is 30.7 Å². The van der Waals surface area contributed by atoms with Crippen molar-refractivity contribution in [2.75, 3.05) is 26.8 Å². The molecule has 1 amide bonds. The average molecular weight is 261 g/mol. The average Bonchev–Trinajstić information content (AvgIpc) is 2.46. The number of hydrogen-bond donors (Lipinski definition) is 0. The molecule has 0 N–H and O–H groups in total. The highest BCUT2D eigenvalue weighted by Gasteiger charge is 2.22. The summed E-state index contributed by atoms with van der Waals surface area (Å²) in [6.45, 7) is 2.34. The van der Waals surface area contributed by atoms with Crippen molar-refractivity contribution in [3.63, 3.8) is 0 Å². The van der Waals surface area contributed by atoms with Gasteiger partial charge in [0.25, 0.3) is 0 Å². The van der Waals surface area contributed by atoms with Gasteiger partial charge in [-0.15, -0.1) is 0 Å². The van der Waals surface area contributed by atoms with E-state index in [4.69, 9.17) is 4.74 Å². The number of piperidine rings is 1. The highest BCUT2D eigenvalue weighted by atomic mass is 16.5. The quantitative estimate of drug-likeness (QED) is 0.815. The number of rotatable bonds is 5. The van der Waals surface area contributed by atoms with Crippen LogP contribution in [0.4, 0.5) is 0 Å². The maximum absolute atomic E-state index is 11.9. The molecule has 0 unspecified atom stereocenters. The number of nitrogens with zero attached hydrogens (tertiary/aromatic N) is 1. The summed E-state index contributed by atoms with van der Waals surface area (Å²) in [6, 6.07) is 10.6. The Balaban J connectivity index is 1.75. The van der Waals surface area contributed by atoms with Gasteiger partial charge in [0.05, 0.1) is 13.0 Å². The van der Waals surface area contributed by atoms with Crippen molar-refractivity contribution in [2.24, 2.45) is 5.92 Å². The maximum Gasteiger partial charge on any atom is 0.224 e. The van der Waals surface area contributed by atoms with E-state index in [0.717, 1.165) is 32.4 Å². The lowest BCUT2D eigenvalue weighted by molar-refractivity contribution is -0.133. The van der Waals surface area contributed by atoms with E-state index in [0.29, 0.717) is 18.9 Å². The van der Waals surface area contributed by atoms with E-state index in [9.17, 15) is 4.79 Å². The highest BCUT2D eigenvalue weighted by Crippen LogP contribution is 2.21. The predicted molar refractivity (Wildman–Crippen MR) is 75.9 cm³/mol. The van der Waals surface area contributed by atoms with Gasteiger partial charge in [0.1, 0.15) is 0 Å². The van der Waals surface area contributed by atoms with E-state index < -0.39 is 0 Å². The van der Waals surface area contributed by atoms with Gasteiger partial charge < -0.3 is 9.64 Å². The van der Waals surface area contributed by atoms with Crippen molar-refractivity contribution >= 4 is 5.91 Å². The Bertz CT molecular complexity index is 383. The molecule has 1 saturated heterocycles. The largest absolute Gasteiger partial charge is 0.384 e. The Kier molecular flexibility index (Phi) is 5.40. The van der Waals surface area contributed by atoms with Crippen LogP contribution in [0, 0.1) is 5.92 Å². The van der Waals surface area contributed by atoms with Crippen LogP contribution < -0.4 is 0 Å². The molecule has 0 radical (unpaired) electrons. The zero-order valence-corrected chi connectivity index (χ0v) is 11.7. The van der Waals surface area contributed by atoms with Crippen molar-refractivity contribution in [3.05, 3.63) is 35.9 Å². The third kappa shape index (κ3) is 4.35. The third-order valence-corrected chi connectivity index (χ3v) is 3.85. The first-order valence-corrected chi connectivity index (χ1v) is 7.10. The van der Waals surface area contributed by atoms with Crippen LogP contribution in [0.25, 0.3) is 0 Å². The number of amides is 1. The molecule has 2 rings (SSSR count). The van der Waals surface area contributed by atoms with E-state index in [2.05, 4.69) is 30.3 Å². The fourth-order valence-corrected chi connectivity index (χ4v) is 2.68. The van der Waals surface area contributed by atoms with Gasteiger partial charge in [-0.3, -0.25) is 4.79 Å². The molecule has 0 bridgehead atoms. The molecule has 1 fully saturated rings. The molecule has 0 atom stereocenters. The van der Waals surface area contributed by atoms with Crippen LogP contribution in [0.3, 0.4) is 0 Å². The van der Waals surface area contributed by atoms with Crippen molar-refractivity contribution in [2.45, 2.75) is 25.7 Å². The fraction of sp³-hybridized carbons (Fsp3) is 0.562. The molecule has 3 nitrogen and oxygen atoms in total. The number of hydrogen-bond acceptors (Lipinski definition) is 2. The lowest BCUT2D eigenvalue weighted by Gasteiger charge is -2.32. The van der Waals surface area contributed by atoms with E-state index in [1.807, 2.05) is 4.90 Å². The summed E-state index contributed by atoms with van der Waals surface area (Å²) < 4.78 is 4.96. The number of carbonyl (C=O) groups excluding carboxylic acids is 1. The molecular formula is C16H23NO2. The zero-order valence-electron chi connectivity index (χ0n) is 11.7. The first kappa shape index (κ1) is 14.1. The van der Waals surface area contributed by atoms with Crippen molar-refractivity contribution in [1.82, 2.24) is 4.90 Å². The highest BCUT2D eigenvalue weighted by molar-refractivity contribution is 5.76. The molecule has 1 aliphatic heterocycles. The summed E-state index contributed by atoms with van der Waals surface area (Å²) >= 11 is 0. The number of carbonyl (C=O) groups is 1. The first-order chi connectivity index (χ1) is 9.29. The van der Waals surface area contributed by atoms with E-state index in [1.165, 1.54) is 5.56 Å². The Morgan fingerprint density at radius 2 is 1.95 bits per heavy atom. The Morgan fingerprint density at radius 3 is 2.58 bits per heavy atom. The molecule has 0 aliphatic carbocycles. The second-order valence-electron chi connectivity index (χ2n) is 5.26. The molecule has 0 aromatic heterocycles. The smallest absolute Gasteiger partial charge is 0.224 e. The molecular weight excluding hydrogens is 238 g/mol. The fourth-order valence-electron chi connectivity index (χ4n) is 2.68. The number of methoxy groups -OCH3 is 1. The first-order valence-electron chi connectivity index (χ1n) is 7.10. The van der Waals surface area contributed by atoms with Gasteiger partial charge in [-0.25, -0.2) is 0 Å². The van der Waals surface area contributed by atoms with Crippen LogP contribution in [0.2, 0.25) is 0 Å². The maximum atomic E-state index is 11.9. The van der Waals surface area contributed by atoms with Gasteiger partial charge in [-0.1, -0.05) is 30.3 Å². The van der Waals surface area contributed by atoms with Crippen LogP contribution >= 0.6 is 0 Å². The van der Waals surface area contributed by atoms with Gasteiger partial charge in [0, 0.05) is 20.2 Å². The SMILES string of the molecule is COCCC(=O)N1CCC(Cc2ccccc2)CC1. The molecule has 3 heteroatoms. The van der Waals surface area contributed by atoms with Crippen molar-refractivity contribution in [1.29, 1.82) is 0 Å². The van der Waals surface area contributed by atoms with Gasteiger partial charge >= 0.3 is 0 Å². The standard InChI is InChI=1S/C16H23NO2/c1-19-12-9-16(18)17-10-7-15(8-11-17)13-14-5-3-2-4-6-14/h2-6,15H,7-13H2,1H3. The van der Waals surface area contributed by atoms with Crippen molar-refractivity contribution in [3.8, 4) is 0 Å². The summed E-state index contributed by atoms with van der Waals surface area (Å²) in [7, 11) is 1.64. The van der Waals surface area contributed by atoms with E-state index >= 15 is 0 Å². The van der Waals surface area contributed by atoms with Crippen LogP contribution in [-0.2, 0) is 16.0 Å². The van der Waals surface area contributed by atoms with Crippen molar-refractivity contribution < 1.29 is 9.53 Å². The predicted octanol–water partition coefficient (Wildman–Crippen LogP) is 2.50. The van der Waals surface area contributed by atoms with E-state index in [-0.39, 0.29) is 5.91 Å².